The first kappa shape index (κ1) is 22.4. The predicted octanol–water partition coefficient (Wildman–Crippen LogP) is 4.27. The highest BCUT2D eigenvalue weighted by Crippen LogP contribution is 2.34. The first-order chi connectivity index (χ1) is 15.3. The molecule has 1 aromatic heterocycles. The van der Waals surface area contributed by atoms with Crippen LogP contribution < -0.4 is 15.0 Å². The van der Waals surface area contributed by atoms with Gasteiger partial charge in [0.05, 0.1) is 18.5 Å². The summed E-state index contributed by atoms with van der Waals surface area (Å²) in [6.07, 6.45) is 3.38. The molecule has 168 valence electrons. The monoisotopic (exact) mass is 473 g/mol. The van der Waals surface area contributed by atoms with E-state index in [0.717, 1.165) is 30.4 Å². The van der Waals surface area contributed by atoms with Crippen molar-refractivity contribution in [1.82, 2.24) is 9.78 Å². The summed E-state index contributed by atoms with van der Waals surface area (Å²) in [5.41, 5.74) is 3.23. The van der Waals surface area contributed by atoms with E-state index in [4.69, 9.17) is 16.3 Å². The number of nitrogens with one attached hydrogen (secondary N) is 1. The molecule has 0 atom stereocenters. The number of anilines is 1. The average Bonchev–Trinajstić information content (AvgIpc) is 2.79. The van der Waals surface area contributed by atoms with Crippen molar-refractivity contribution in [3.63, 3.8) is 0 Å². The van der Waals surface area contributed by atoms with Gasteiger partial charge in [-0.3, -0.25) is 9.52 Å². The van der Waals surface area contributed by atoms with Crippen molar-refractivity contribution in [2.45, 2.75) is 44.0 Å². The molecular formula is C23H24ClN3O4S. The maximum atomic E-state index is 13.2. The van der Waals surface area contributed by atoms with Gasteiger partial charge in [0.2, 0.25) is 0 Å². The van der Waals surface area contributed by atoms with Gasteiger partial charge >= 0.3 is 0 Å². The molecule has 0 saturated carbocycles. The van der Waals surface area contributed by atoms with Crippen LogP contribution in [0.2, 0.25) is 5.02 Å². The van der Waals surface area contributed by atoms with Crippen molar-refractivity contribution in [3.05, 3.63) is 69.0 Å². The molecule has 1 aliphatic carbocycles. The number of ether oxygens (including phenoxy) is 1. The van der Waals surface area contributed by atoms with Crippen LogP contribution in [-0.4, -0.2) is 25.3 Å². The minimum atomic E-state index is -3.98. The third-order valence-electron chi connectivity index (χ3n) is 5.57. The van der Waals surface area contributed by atoms with Crippen LogP contribution in [0.4, 0.5) is 5.69 Å². The quantitative estimate of drug-likeness (QED) is 0.577. The summed E-state index contributed by atoms with van der Waals surface area (Å²) < 4.78 is 35.8. The first-order valence-corrected chi connectivity index (χ1v) is 12.3. The van der Waals surface area contributed by atoms with Gasteiger partial charge in [0.1, 0.15) is 10.6 Å². The van der Waals surface area contributed by atoms with Crippen LogP contribution in [0, 0.1) is 0 Å². The summed E-state index contributed by atoms with van der Waals surface area (Å²) in [7, 11) is -2.56. The normalized spacial score (nSPS) is 13.5. The predicted molar refractivity (Wildman–Crippen MR) is 125 cm³/mol. The third kappa shape index (κ3) is 4.25. The average molecular weight is 474 g/mol. The lowest BCUT2D eigenvalue weighted by molar-refractivity contribution is 0.403. The summed E-state index contributed by atoms with van der Waals surface area (Å²) in [5.74, 6) is 0.209. The van der Waals surface area contributed by atoms with Crippen molar-refractivity contribution in [2.24, 2.45) is 0 Å². The Hall–Kier alpha value is -2.84. The summed E-state index contributed by atoms with van der Waals surface area (Å²) in [5, 5.41) is 5.00. The highest BCUT2D eigenvalue weighted by Gasteiger charge is 2.25. The number of nitrogens with zero attached hydrogens (tertiary/aromatic N) is 2. The standard InChI is InChI=1S/C23H24ClN3O4S/c1-3-27-23(28)19-10-5-4-9-18(19)22(25-27)15-11-12-20(31-2)21(13-15)32(29,30)26-17-8-6-7-16(24)14-17/h6-8,11-14,26H,3-5,9-10H2,1-2H3. The summed E-state index contributed by atoms with van der Waals surface area (Å²) in [6, 6.07) is 11.4. The first-order valence-electron chi connectivity index (χ1n) is 10.4. The van der Waals surface area contributed by atoms with Gasteiger partial charge in [-0.25, -0.2) is 13.1 Å². The Labute approximate surface area is 192 Å². The van der Waals surface area contributed by atoms with Crippen molar-refractivity contribution in [1.29, 1.82) is 0 Å². The van der Waals surface area contributed by atoms with Gasteiger partial charge in [0.25, 0.3) is 15.6 Å². The maximum absolute atomic E-state index is 13.2. The Morgan fingerprint density at radius 3 is 2.56 bits per heavy atom. The largest absolute Gasteiger partial charge is 0.495 e. The number of benzene rings is 2. The Bertz CT molecular complexity index is 1340. The summed E-state index contributed by atoms with van der Waals surface area (Å²) >= 11 is 6.00. The summed E-state index contributed by atoms with van der Waals surface area (Å²) in [6.45, 7) is 2.31. The van der Waals surface area contributed by atoms with Gasteiger partial charge < -0.3 is 4.74 Å². The molecule has 4 rings (SSSR count). The molecule has 0 saturated heterocycles. The zero-order valence-corrected chi connectivity index (χ0v) is 19.5. The van der Waals surface area contributed by atoms with E-state index in [1.807, 2.05) is 6.92 Å². The van der Waals surface area contributed by atoms with Crippen LogP contribution in [0.15, 0.2) is 52.2 Å². The third-order valence-corrected chi connectivity index (χ3v) is 7.21. The molecule has 0 spiro atoms. The minimum absolute atomic E-state index is 0.0157. The second kappa shape index (κ2) is 8.96. The molecule has 2 aromatic carbocycles. The van der Waals surface area contributed by atoms with E-state index in [1.165, 1.54) is 17.9 Å². The van der Waals surface area contributed by atoms with Crippen LogP contribution in [0.5, 0.6) is 5.75 Å². The molecule has 1 heterocycles. The molecule has 0 fully saturated rings. The van der Waals surface area contributed by atoms with Crippen molar-refractivity contribution in [2.75, 3.05) is 11.8 Å². The molecule has 0 unspecified atom stereocenters. The second-order valence-corrected chi connectivity index (χ2v) is 9.70. The van der Waals surface area contributed by atoms with Crippen LogP contribution in [0.1, 0.15) is 30.9 Å². The number of aromatic nitrogens is 2. The fourth-order valence-electron chi connectivity index (χ4n) is 4.03. The molecule has 0 amide bonds. The van der Waals surface area contributed by atoms with Crippen LogP contribution in [0.3, 0.4) is 0 Å². The number of methoxy groups -OCH3 is 1. The maximum Gasteiger partial charge on any atom is 0.270 e. The Morgan fingerprint density at radius 1 is 1.12 bits per heavy atom. The van der Waals surface area contributed by atoms with Crippen molar-refractivity contribution in [3.8, 4) is 17.0 Å². The smallest absolute Gasteiger partial charge is 0.270 e. The lowest BCUT2D eigenvalue weighted by Crippen LogP contribution is -2.30. The van der Waals surface area contributed by atoms with Gasteiger partial charge in [-0.05, 0) is 74.6 Å². The number of hydrogen-bond donors (Lipinski definition) is 1. The molecule has 7 nitrogen and oxygen atoms in total. The lowest BCUT2D eigenvalue weighted by atomic mass is 9.90. The molecular weight excluding hydrogens is 450 g/mol. The highest BCUT2D eigenvalue weighted by molar-refractivity contribution is 7.92. The van der Waals surface area contributed by atoms with E-state index in [0.29, 0.717) is 34.9 Å². The molecule has 9 heteroatoms. The van der Waals surface area contributed by atoms with Crippen LogP contribution >= 0.6 is 11.6 Å². The van der Waals surface area contributed by atoms with Gasteiger partial charge in [0.15, 0.2) is 0 Å². The molecule has 0 bridgehead atoms. The van der Waals surface area contributed by atoms with Crippen molar-refractivity contribution >= 4 is 27.3 Å². The molecule has 1 N–H and O–H groups in total. The number of sulfonamides is 1. The number of fused-ring (bicyclic) bond motifs is 1. The topological polar surface area (TPSA) is 90.3 Å². The molecule has 1 aliphatic rings. The van der Waals surface area contributed by atoms with E-state index in [1.54, 1.807) is 36.4 Å². The van der Waals surface area contributed by atoms with Crippen molar-refractivity contribution < 1.29 is 13.2 Å². The van der Waals surface area contributed by atoms with E-state index < -0.39 is 10.0 Å². The molecule has 0 aliphatic heterocycles. The van der Waals surface area contributed by atoms with Crippen LogP contribution in [0.25, 0.3) is 11.3 Å². The zero-order valence-electron chi connectivity index (χ0n) is 17.9. The number of halogens is 1. The molecule has 3 aromatic rings. The minimum Gasteiger partial charge on any atom is -0.495 e. The van der Waals surface area contributed by atoms with Gasteiger partial charge in [-0.1, -0.05) is 17.7 Å². The lowest BCUT2D eigenvalue weighted by Gasteiger charge is -2.20. The molecule has 0 radical (unpaired) electrons. The van der Waals surface area contributed by atoms with E-state index in [-0.39, 0.29) is 16.2 Å². The van der Waals surface area contributed by atoms with E-state index in [2.05, 4.69) is 9.82 Å². The van der Waals surface area contributed by atoms with Gasteiger partial charge in [-0.2, -0.15) is 5.10 Å². The summed E-state index contributed by atoms with van der Waals surface area (Å²) in [4.78, 5) is 12.7. The van der Waals surface area contributed by atoms with Gasteiger partial charge in [0, 0.05) is 22.7 Å². The second-order valence-electron chi connectivity index (χ2n) is 7.62. The number of rotatable bonds is 6. The fourth-order valence-corrected chi connectivity index (χ4v) is 5.46. The highest BCUT2D eigenvalue weighted by atomic mass is 35.5. The number of aryl methyl sites for hydroxylation is 1. The Morgan fingerprint density at radius 2 is 1.88 bits per heavy atom. The van der Waals surface area contributed by atoms with Crippen LogP contribution in [-0.2, 0) is 29.4 Å². The zero-order chi connectivity index (χ0) is 22.9. The number of hydrogen-bond acceptors (Lipinski definition) is 5. The SMILES string of the molecule is CCn1nc(-c2ccc(OC)c(S(=O)(=O)Nc3cccc(Cl)c3)c2)c2c(c1=O)CCCC2. The van der Waals surface area contributed by atoms with E-state index in [9.17, 15) is 13.2 Å². The fraction of sp³-hybridized carbons (Fsp3) is 0.304. The Kier molecular flexibility index (Phi) is 6.26. The van der Waals surface area contributed by atoms with E-state index >= 15 is 0 Å². The Balaban J connectivity index is 1.85. The molecule has 32 heavy (non-hydrogen) atoms. The van der Waals surface area contributed by atoms with Gasteiger partial charge in [-0.15, -0.1) is 0 Å².